The number of hydrogen-bond acceptors (Lipinski definition) is 2. The third-order valence-electron chi connectivity index (χ3n) is 0.403. The fraction of sp³-hybridized carbons (Fsp3) is 0. The van der Waals surface area contributed by atoms with Gasteiger partial charge in [-0.15, -0.1) is 5.98 Å². The summed E-state index contributed by atoms with van der Waals surface area (Å²) in [6, 6.07) is 0. The normalized spacial score (nSPS) is 9.14. The topological polar surface area (TPSA) is 40.9 Å². The maximum absolute atomic E-state index is 9.56. The summed E-state index contributed by atoms with van der Waals surface area (Å²) in [7, 11) is 4.82. The summed E-state index contributed by atoms with van der Waals surface area (Å²) in [5, 5.41) is 6.60. The van der Waals surface area contributed by atoms with Gasteiger partial charge in [-0.2, -0.15) is 0 Å². The van der Waals surface area contributed by atoms with E-state index in [2.05, 4.69) is 0 Å². The molecule has 1 N–H and O–H groups in total. The van der Waals surface area contributed by atoms with Crippen molar-refractivity contribution in [3.8, 4) is 0 Å². The van der Waals surface area contributed by atoms with E-state index in [4.69, 9.17) is 13.3 Å². The van der Waals surface area contributed by atoms with E-state index in [0.29, 0.717) is 6.29 Å². The van der Waals surface area contributed by atoms with Crippen molar-refractivity contribution in [2.75, 3.05) is 0 Å². The molecular formula is C4H4BNO. The molecule has 0 aliphatic heterocycles. The first-order valence-corrected chi connectivity index (χ1v) is 1.73. The molecule has 0 fully saturated rings. The Bertz CT molecular complexity index is 108. The highest BCUT2D eigenvalue weighted by Gasteiger charge is 1.77. The lowest BCUT2D eigenvalue weighted by atomic mass is 10.1. The zero-order chi connectivity index (χ0) is 5.70. The van der Waals surface area contributed by atoms with Crippen LogP contribution in [0.25, 0.3) is 0 Å². The van der Waals surface area contributed by atoms with E-state index < -0.39 is 0 Å². The van der Waals surface area contributed by atoms with Crippen LogP contribution in [-0.2, 0) is 4.79 Å². The summed E-state index contributed by atoms with van der Waals surface area (Å²) < 4.78 is 0. The number of carbonyl (C=O) groups is 1. The van der Waals surface area contributed by atoms with Gasteiger partial charge in [0, 0.05) is 0 Å². The molecule has 0 aromatic carbocycles. The van der Waals surface area contributed by atoms with Gasteiger partial charge in [-0.3, -0.25) is 10.2 Å². The second-order valence-electron chi connectivity index (χ2n) is 0.932. The summed E-state index contributed by atoms with van der Waals surface area (Å²) in [4.78, 5) is 9.56. The summed E-state index contributed by atoms with van der Waals surface area (Å²) >= 11 is 0. The van der Waals surface area contributed by atoms with Crippen LogP contribution in [0.15, 0.2) is 12.1 Å². The van der Waals surface area contributed by atoms with Crippen LogP contribution < -0.4 is 0 Å². The lowest BCUT2D eigenvalue weighted by Crippen LogP contribution is -1.89. The summed E-state index contributed by atoms with van der Waals surface area (Å²) in [5.74, 6) is 1.15. The maximum atomic E-state index is 9.56. The molecule has 3 heteroatoms. The molecule has 2 radical (unpaired) electrons. The maximum Gasteiger partial charge on any atom is 0.167 e. The van der Waals surface area contributed by atoms with Gasteiger partial charge in [0.2, 0.25) is 0 Å². The molecule has 0 heterocycles. The Morgan fingerprint density at radius 1 is 1.71 bits per heavy atom. The molecule has 7 heavy (non-hydrogen) atoms. The summed E-state index contributed by atoms with van der Waals surface area (Å²) in [5.41, 5.74) is -0.109. The molecule has 0 aliphatic rings. The van der Waals surface area contributed by atoms with Crippen molar-refractivity contribution in [1.29, 1.82) is 5.41 Å². The Balaban J connectivity index is 3.58. The summed E-state index contributed by atoms with van der Waals surface area (Å²) in [6.45, 7) is 0. The molecular weight excluding hydrogens is 88.9 g/mol. The number of rotatable bonds is 2. The first kappa shape index (κ1) is 6.14. The lowest BCUT2D eigenvalue weighted by Gasteiger charge is -1.73. The SMILES string of the molecule is [B]/C=C/C(=N)C=O. The van der Waals surface area contributed by atoms with Gasteiger partial charge in [-0.1, -0.05) is 0 Å². The molecule has 0 amide bonds. The average molecular weight is 92.9 g/mol. The van der Waals surface area contributed by atoms with E-state index in [1.165, 1.54) is 6.08 Å². The lowest BCUT2D eigenvalue weighted by molar-refractivity contribution is -0.102. The van der Waals surface area contributed by atoms with Crippen molar-refractivity contribution >= 4 is 19.8 Å². The van der Waals surface area contributed by atoms with E-state index in [0.717, 1.165) is 5.98 Å². The molecule has 2 nitrogen and oxygen atoms in total. The molecule has 0 atom stereocenters. The minimum atomic E-state index is -0.109. The predicted molar refractivity (Wildman–Crippen MR) is 28.7 cm³/mol. The van der Waals surface area contributed by atoms with Crippen LogP contribution in [-0.4, -0.2) is 19.8 Å². The highest BCUT2D eigenvalue weighted by atomic mass is 16.1. The second kappa shape index (κ2) is 3.34. The number of hydrogen-bond donors (Lipinski definition) is 1. The standard InChI is InChI=1S/C4H4BNO/c5-2-1-4(6)3-7/h1-3,6H/b2-1+,6-4?. The van der Waals surface area contributed by atoms with Crippen LogP contribution in [0.2, 0.25) is 0 Å². The molecule has 0 spiro atoms. The number of nitrogens with one attached hydrogen (secondary N) is 1. The van der Waals surface area contributed by atoms with Crippen LogP contribution in [0, 0.1) is 5.41 Å². The molecule has 0 rings (SSSR count). The van der Waals surface area contributed by atoms with Crippen molar-refractivity contribution < 1.29 is 4.79 Å². The van der Waals surface area contributed by atoms with Crippen LogP contribution >= 0.6 is 0 Å². The Hall–Kier alpha value is -0.855. The highest BCUT2D eigenvalue weighted by Crippen LogP contribution is 1.65. The van der Waals surface area contributed by atoms with Crippen molar-refractivity contribution in [2.45, 2.75) is 0 Å². The molecule has 0 aliphatic carbocycles. The van der Waals surface area contributed by atoms with Crippen LogP contribution in [0.5, 0.6) is 0 Å². The number of aldehydes is 1. The van der Waals surface area contributed by atoms with Crippen molar-refractivity contribution in [2.24, 2.45) is 0 Å². The first-order valence-electron chi connectivity index (χ1n) is 1.73. The molecule has 34 valence electrons. The van der Waals surface area contributed by atoms with Gasteiger partial charge in [-0.25, -0.2) is 0 Å². The molecule has 0 bridgehead atoms. The molecule has 0 aromatic heterocycles. The van der Waals surface area contributed by atoms with E-state index in [9.17, 15) is 4.79 Å². The molecule has 0 saturated carbocycles. The number of carbonyl (C=O) groups excluding carboxylic acids is 1. The smallest absolute Gasteiger partial charge is 0.167 e. The Kier molecular flexibility index (Phi) is 2.93. The Morgan fingerprint density at radius 2 is 2.29 bits per heavy atom. The predicted octanol–water partition coefficient (Wildman–Crippen LogP) is -0.113. The van der Waals surface area contributed by atoms with Gasteiger partial charge in [0.25, 0.3) is 0 Å². The van der Waals surface area contributed by atoms with Gasteiger partial charge in [0.1, 0.15) is 7.85 Å². The quantitative estimate of drug-likeness (QED) is 0.288. The fourth-order valence-electron chi connectivity index (χ4n) is 0.143. The van der Waals surface area contributed by atoms with E-state index >= 15 is 0 Å². The molecule has 0 unspecified atom stereocenters. The third-order valence-corrected chi connectivity index (χ3v) is 0.403. The van der Waals surface area contributed by atoms with Crippen LogP contribution in [0.3, 0.4) is 0 Å². The average Bonchev–Trinajstić information content (AvgIpc) is 1.68. The fourth-order valence-corrected chi connectivity index (χ4v) is 0.143. The minimum Gasteiger partial charge on any atom is -0.298 e. The minimum absolute atomic E-state index is 0.109. The van der Waals surface area contributed by atoms with Crippen LogP contribution in [0.4, 0.5) is 0 Å². The van der Waals surface area contributed by atoms with Crippen molar-refractivity contribution in [3.05, 3.63) is 12.1 Å². The largest absolute Gasteiger partial charge is 0.298 e. The highest BCUT2D eigenvalue weighted by molar-refractivity contribution is 6.34. The zero-order valence-corrected chi connectivity index (χ0v) is 3.72. The monoisotopic (exact) mass is 93.0 g/mol. The van der Waals surface area contributed by atoms with Crippen molar-refractivity contribution in [1.82, 2.24) is 0 Å². The second-order valence-corrected chi connectivity index (χ2v) is 0.932. The Morgan fingerprint density at radius 3 is 2.43 bits per heavy atom. The van der Waals surface area contributed by atoms with E-state index in [1.807, 2.05) is 0 Å². The third kappa shape index (κ3) is 2.96. The van der Waals surface area contributed by atoms with E-state index in [-0.39, 0.29) is 5.71 Å². The Labute approximate surface area is 43.1 Å². The van der Waals surface area contributed by atoms with Gasteiger partial charge >= 0.3 is 0 Å². The van der Waals surface area contributed by atoms with Gasteiger partial charge in [0.05, 0.1) is 5.71 Å². The van der Waals surface area contributed by atoms with Crippen LogP contribution in [0.1, 0.15) is 0 Å². The molecule has 0 aromatic rings. The van der Waals surface area contributed by atoms with Gasteiger partial charge < -0.3 is 0 Å². The zero-order valence-electron chi connectivity index (χ0n) is 3.72. The first-order chi connectivity index (χ1) is 3.31. The summed E-state index contributed by atoms with van der Waals surface area (Å²) in [6.07, 6.45) is 1.64. The molecule has 0 saturated heterocycles. The van der Waals surface area contributed by atoms with Gasteiger partial charge in [0.15, 0.2) is 6.29 Å². The van der Waals surface area contributed by atoms with Crippen molar-refractivity contribution in [3.63, 3.8) is 0 Å². The van der Waals surface area contributed by atoms with E-state index in [1.54, 1.807) is 0 Å². The number of allylic oxidation sites excluding steroid dienone is 1. The van der Waals surface area contributed by atoms with Gasteiger partial charge in [-0.05, 0) is 6.08 Å².